The number of amides is 3. The molecule has 0 aliphatic rings. The van der Waals surface area contributed by atoms with E-state index in [4.69, 9.17) is 5.11 Å². The van der Waals surface area contributed by atoms with Gasteiger partial charge in [-0.05, 0) is 24.6 Å². The summed E-state index contributed by atoms with van der Waals surface area (Å²) in [7, 11) is 0. The molecule has 1 aromatic rings. The van der Waals surface area contributed by atoms with E-state index in [1.54, 1.807) is 24.3 Å². The first-order chi connectivity index (χ1) is 10.0. The molecule has 1 aromatic carbocycles. The molecule has 0 radical (unpaired) electrons. The number of carboxylic acid groups (broad SMARTS) is 1. The fraction of sp³-hybridized carbons (Fsp3) is 0.357. The van der Waals surface area contributed by atoms with Crippen molar-refractivity contribution in [2.75, 3.05) is 18.4 Å². The van der Waals surface area contributed by atoms with E-state index in [1.165, 1.54) is 0 Å². The van der Waals surface area contributed by atoms with Gasteiger partial charge in [0.15, 0.2) is 0 Å². The second kappa shape index (κ2) is 8.57. The predicted octanol–water partition coefficient (Wildman–Crippen LogP) is 0.961. The molecule has 0 unspecified atom stereocenters. The fourth-order valence-corrected chi connectivity index (χ4v) is 1.68. The Bertz CT molecular complexity index is 517. The van der Waals surface area contributed by atoms with Crippen LogP contribution in [0.3, 0.4) is 0 Å². The average molecular weight is 293 g/mol. The Balaban J connectivity index is 2.40. The van der Waals surface area contributed by atoms with Crippen LogP contribution < -0.4 is 16.0 Å². The summed E-state index contributed by atoms with van der Waals surface area (Å²) in [5.41, 5.74) is 1.10. The molecule has 7 nitrogen and oxygen atoms in total. The Morgan fingerprint density at radius 1 is 1.19 bits per heavy atom. The van der Waals surface area contributed by atoms with E-state index in [9.17, 15) is 14.4 Å². The molecule has 0 saturated heterocycles. The number of anilines is 1. The molecule has 0 heterocycles. The van der Waals surface area contributed by atoms with Crippen molar-refractivity contribution in [2.45, 2.75) is 19.8 Å². The molecule has 0 saturated carbocycles. The molecule has 0 atom stereocenters. The zero-order chi connectivity index (χ0) is 15.7. The topological polar surface area (TPSA) is 108 Å². The first kappa shape index (κ1) is 16.5. The number of carbonyl (C=O) groups is 3. The van der Waals surface area contributed by atoms with Gasteiger partial charge in [0.05, 0.1) is 6.42 Å². The summed E-state index contributed by atoms with van der Waals surface area (Å²) in [6.45, 7) is 2.61. The van der Waals surface area contributed by atoms with Gasteiger partial charge in [0, 0.05) is 25.2 Å². The van der Waals surface area contributed by atoms with Crippen LogP contribution in [0.15, 0.2) is 24.3 Å². The van der Waals surface area contributed by atoms with Crippen molar-refractivity contribution in [2.24, 2.45) is 0 Å². The number of hydrogen-bond donors (Lipinski definition) is 4. The van der Waals surface area contributed by atoms with E-state index in [1.807, 2.05) is 6.92 Å². The number of rotatable bonds is 7. The lowest BCUT2D eigenvalue weighted by atomic mass is 10.1. The number of nitrogens with one attached hydrogen (secondary N) is 3. The van der Waals surface area contributed by atoms with Crippen molar-refractivity contribution in [3.8, 4) is 0 Å². The van der Waals surface area contributed by atoms with Crippen LogP contribution in [0.25, 0.3) is 0 Å². The van der Waals surface area contributed by atoms with Crippen molar-refractivity contribution >= 4 is 23.6 Å². The van der Waals surface area contributed by atoms with Crippen LogP contribution in [0.5, 0.6) is 0 Å². The lowest BCUT2D eigenvalue weighted by molar-refractivity contribution is -0.136. The summed E-state index contributed by atoms with van der Waals surface area (Å²) < 4.78 is 0. The molecule has 0 aromatic heterocycles. The van der Waals surface area contributed by atoms with Gasteiger partial charge in [0.25, 0.3) is 0 Å². The van der Waals surface area contributed by atoms with Crippen LogP contribution in [0.1, 0.15) is 18.9 Å². The number of hydrogen-bond acceptors (Lipinski definition) is 3. The summed E-state index contributed by atoms with van der Waals surface area (Å²) in [5, 5.41) is 16.5. The maximum absolute atomic E-state index is 11.6. The summed E-state index contributed by atoms with van der Waals surface area (Å²) in [4.78, 5) is 33.4. The minimum atomic E-state index is -0.932. The Labute approximate surface area is 122 Å². The zero-order valence-corrected chi connectivity index (χ0v) is 11.8. The number of carbonyl (C=O) groups excluding carboxylic acids is 2. The molecule has 1 rings (SSSR count). The third-order valence-corrected chi connectivity index (χ3v) is 2.55. The van der Waals surface area contributed by atoms with Gasteiger partial charge in [-0.3, -0.25) is 9.59 Å². The predicted molar refractivity (Wildman–Crippen MR) is 78.1 cm³/mol. The van der Waals surface area contributed by atoms with Gasteiger partial charge in [0.2, 0.25) is 5.91 Å². The van der Waals surface area contributed by atoms with Crippen molar-refractivity contribution in [1.82, 2.24) is 10.6 Å². The van der Waals surface area contributed by atoms with Crippen molar-refractivity contribution in [3.05, 3.63) is 29.8 Å². The molecule has 4 N–H and O–H groups in total. The SMILES string of the molecule is CCNC(=O)CCNC(=O)Nc1cccc(CC(=O)O)c1. The minimum Gasteiger partial charge on any atom is -0.481 e. The molecule has 7 heteroatoms. The van der Waals surface area contributed by atoms with Gasteiger partial charge in [0.1, 0.15) is 0 Å². The van der Waals surface area contributed by atoms with Crippen LogP contribution in [0, 0.1) is 0 Å². The summed E-state index contributed by atoms with van der Waals surface area (Å²) in [6.07, 6.45) is 0.106. The van der Waals surface area contributed by atoms with Crippen molar-refractivity contribution < 1.29 is 19.5 Å². The maximum atomic E-state index is 11.6. The molecular weight excluding hydrogens is 274 g/mol. The van der Waals surface area contributed by atoms with E-state index < -0.39 is 12.0 Å². The Hall–Kier alpha value is -2.57. The molecular formula is C14H19N3O4. The highest BCUT2D eigenvalue weighted by atomic mass is 16.4. The summed E-state index contributed by atoms with van der Waals surface area (Å²) in [5.74, 6) is -1.06. The number of urea groups is 1. The Morgan fingerprint density at radius 2 is 1.95 bits per heavy atom. The van der Waals surface area contributed by atoms with Crippen molar-refractivity contribution in [1.29, 1.82) is 0 Å². The summed E-state index contributed by atoms with van der Waals surface area (Å²) in [6, 6.07) is 6.16. The highest BCUT2D eigenvalue weighted by Crippen LogP contribution is 2.11. The minimum absolute atomic E-state index is 0.103. The first-order valence-electron chi connectivity index (χ1n) is 6.63. The molecule has 21 heavy (non-hydrogen) atoms. The van der Waals surface area contributed by atoms with E-state index in [-0.39, 0.29) is 25.3 Å². The largest absolute Gasteiger partial charge is 0.481 e. The van der Waals surface area contributed by atoms with Crippen LogP contribution >= 0.6 is 0 Å². The van der Waals surface area contributed by atoms with Crippen LogP contribution in [0.4, 0.5) is 10.5 Å². The summed E-state index contributed by atoms with van der Waals surface area (Å²) >= 11 is 0. The molecule has 0 aliphatic heterocycles. The monoisotopic (exact) mass is 293 g/mol. The molecule has 114 valence electrons. The van der Waals surface area contributed by atoms with E-state index in [0.29, 0.717) is 17.8 Å². The first-order valence-corrected chi connectivity index (χ1v) is 6.63. The molecule has 0 spiro atoms. The second-order valence-corrected chi connectivity index (χ2v) is 4.36. The Morgan fingerprint density at radius 3 is 2.62 bits per heavy atom. The van der Waals surface area contributed by atoms with Crippen LogP contribution in [0.2, 0.25) is 0 Å². The van der Waals surface area contributed by atoms with E-state index in [0.717, 1.165) is 0 Å². The van der Waals surface area contributed by atoms with Crippen LogP contribution in [-0.2, 0) is 16.0 Å². The zero-order valence-electron chi connectivity index (χ0n) is 11.8. The normalized spacial score (nSPS) is 9.76. The van der Waals surface area contributed by atoms with Gasteiger partial charge in [-0.25, -0.2) is 4.79 Å². The van der Waals surface area contributed by atoms with Crippen molar-refractivity contribution in [3.63, 3.8) is 0 Å². The Kier molecular flexibility index (Phi) is 6.73. The number of carboxylic acids is 1. The quantitative estimate of drug-likeness (QED) is 0.600. The lowest BCUT2D eigenvalue weighted by Crippen LogP contribution is -2.33. The highest BCUT2D eigenvalue weighted by molar-refractivity contribution is 5.89. The van der Waals surface area contributed by atoms with E-state index in [2.05, 4.69) is 16.0 Å². The third-order valence-electron chi connectivity index (χ3n) is 2.55. The average Bonchev–Trinajstić information content (AvgIpc) is 2.38. The van der Waals surface area contributed by atoms with Gasteiger partial charge < -0.3 is 21.1 Å². The lowest BCUT2D eigenvalue weighted by Gasteiger charge is -2.08. The third kappa shape index (κ3) is 6.95. The van der Waals surface area contributed by atoms with Gasteiger partial charge in [-0.15, -0.1) is 0 Å². The smallest absolute Gasteiger partial charge is 0.319 e. The molecule has 0 bridgehead atoms. The number of aliphatic carboxylic acids is 1. The fourth-order valence-electron chi connectivity index (χ4n) is 1.68. The van der Waals surface area contributed by atoms with E-state index >= 15 is 0 Å². The van der Waals surface area contributed by atoms with Gasteiger partial charge >= 0.3 is 12.0 Å². The van der Waals surface area contributed by atoms with Crippen LogP contribution in [-0.4, -0.2) is 36.1 Å². The van der Waals surface area contributed by atoms with Gasteiger partial charge in [-0.2, -0.15) is 0 Å². The molecule has 3 amide bonds. The highest BCUT2D eigenvalue weighted by Gasteiger charge is 2.05. The van der Waals surface area contributed by atoms with Gasteiger partial charge in [-0.1, -0.05) is 12.1 Å². The molecule has 0 fully saturated rings. The second-order valence-electron chi connectivity index (χ2n) is 4.36. The molecule has 0 aliphatic carbocycles. The maximum Gasteiger partial charge on any atom is 0.319 e. The standard InChI is InChI=1S/C14H19N3O4/c1-2-15-12(18)6-7-16-14(21)17-11-5-3-4-10(8-11)9-13(19)20/h3-5,8H,2,6-7,9H2,1H3,(H,15,18)(H,19,20)(H2,16,17,21). The number of benzene rings is 1.